The average Bonchev–Trinajstić information content (AvgIpc) is 2.76. The van der Waals surface area contributed by atoms with Gasteiger partial charge in [0.15, 0.2) is 6.39 Å². The maximum atomic E-state index is 9.08. The van der Waals surface area contributed by atoms with E-state index in [9.17, 15) is 0 Å². The zero-order chi connectivity index (χ0) is 9.10. The molecule has 0 aliphatic carbocycles. The quantitative estimate of drug-likeness (QED) is 0.745. The highest BCUT2D eigenvalue weighted by atomic mass is 16.3. The molecule has 13 heavy (non-hydrogen) atoms. The number of aliphatic hydroxyl groups is 1. The summed E-state index contributed by atoms with van der Waals surface area (Å²) in [6, 6.07) is 0.316. The molecular formula is C9H14N2O2. The molecule has 1 aliphatic heterocycles. The smallest absolute Gasteiger partial charge is 0.180 e. The van der Waals surface area contributed by atoms with E-state index < -0.39 is 0 Å². The summed E-state index contributed by atoms with van der Waals surface area (Å²) in [4.78, 5) is 6.31. The van der Waals surface area contributed by atoms with Gasteiger partial charge in [0.1, 0.15) is 6.26 Å². The van der Waals surface area contributed by atoms with Crippen molar-refractivity contribution in [3.8, 4) is 0 Å². The van der Waals surface area contributed by atoms with Gasteiger partial charge in [-0.15, -0.1) is 0 Å². The van der Waals surface area contributed by atoms with Gasteiger partial charge in [0.25, 0.3) is 0 Å². The highest BCUT2D eigenvalue weighted by Crippen LogP contribution is 2.18. The van der Waals surface area contributed by atoms with E-state index in [0.29, 0.717) is 6.04 Å². The van der Waals surface area contributed by atoms with Crippen LogP contribution in [0.15, 0.2) is 17.1 Å². The SMILES string of the molecule is OCC1CCCN1Cc1cocn1. The fourth-order valence-corrected chi connectivity index (χ4v) is 1.83. The van der Waals surface area contributed by atoms with E-state index in [1.54, 1.807) is 6.26 Å². The highest BCUT2D eigenvalue weighted by Gasteiger charge is 2.23. The Morgan fingerprint density at radius 2 is 2.62 bits per heavy atom. The van der Waals surface area contributed by atoms with Gasteiger partial charge in [-0.05, 0) is 19.4 Å². The van der Waals surface area contributed by atoms with Gasteiger partial charge < -0.3 is 9.52 Å². The lowest BCUT2D eigenvalue weighted by Crippen LogP contribution is -2.31. The number of oxazole rings is 1. The zero-order valence-corrected chi connectivity index (χ0v) is 7.52. The standard InChI is InChI=1S/C9H14N2O2/c12-5-9-2-1-3-11(9)4-8-6-13-7-10-8/h6-7,9,12H,1-5H2. The Morgan fingerprint density at radius 3 is 3.31 bits per heavy atom. The minimum absolute atomic E-state index is 0.248. The molecule has 1 fully saturated rings. The molecule has 72 valence electrons. The summed E-state index contributed by atoms with van der Waals surface area (Å²) in [6.45, 7) is 2.09. The van der Waals surface area contributed by atoms with Crippen molar-refractivity contribution in [2.45, 2.75) is 25.4 Å². The second-order valence-corrected chi connectivity index (χ2v) is 3.43. The summed E-state index contributed by atoms with van der Waals surface area (Å²) < 4.78 is 4.89. The number of rotatable bonds is 3. The maximum Gasteiger partial charge on any atom is 0.180 e. The van der Waals surface area contributed by atoms with Crippen LogP contribution in [-0.4, -0.2) is 34.2 Å². The Bertz CT molecular complexity index is 248. The molecule has 2 rings (SSSR count). The van der Waals surface area contributed by atoms with Gasteiger partial charge in [-0.3, -0.25) is 4.90 Å². The Hall–Kier alpha value is -0.870. The Balaban J connectivity index is 1.94. The van der Waals surface area contributed by atoms with Crippen LogP contribution in [-0.2, 0) is 6.54 Å². The van der Waals surface area contributed by atoms with Crippen LogP contribution in [0.1, 0.15) is 18.5 Å². The molecule has 1 aromatic heterocycles. The Labute approximate surface area is 77.2 Å². The fourth-order valence-electron chi connectivity index (χ4n) is 1.83. The van der Waals surface area contributed by atoms with Crippen molar-refractivity contribution in [3.63, 3.8) is 0 Å². The molecule has 1 aliphatic rings. The molecule has 0 bridgehead atoms. The zero-order valence-electron chi connectivity index (χ0n) is 7.52. The lowest BCUT2D eigenvalue weighted by atomic mass is 10.2. The number of aliphatic hydroxyl groups excluding tert-OH is 1. The van der Waals surface area contributed by atoms with Crippen LogP contribution in [0.3, 0.4) is 0 Å². The Morgan fingerprint density at radius 1 is 1.69 bits per heavy atom. The molecule has 4 heteroatoms. The molecule has 1 aromatic rings. The lowest BCUT2D eigenvalue weighted by molar-refractivity contribution is 0.152. The first kappa shape index (κ1) is 8.72. The van der Waals surface area contributed by atoms with E-state index in [0.717, 1.165) is 25.2 Å². The summed E-state index contributed by atoms with van der Waals surface area (Å²) >= 11 is 0. The summed E-state index contributed by atoms with van der Waals surface area (Å²) in [5.74, 6) is 0. The normalized spacial score (nSPS) is 23.9. The monoisotopic (exact) mass is 182 g/mol. The van der Waals surface area contributed by atoms with Crippen molar-refractivity contribution >= 4 is 0 Å². The number of hydrogen-bond donors (Lipinski definition) is 1. The molecule has 0 aromatic carbocycles. The number of aromatic nitrogens is 1. The van der Waals surface area contributed by atoms with E-state index in [4.69, 9.17) is 9.52 Å². The van der Waals surface area contributed by atoms with E-state index >= 15 is 0 Å². The summed E-state index contributed by atoms with van der Waals surface area (Å²) in [5.41, 5.74) is 0.945. The maximum absolute atomic E-state index is 9.08. The van der Waals surface area contributed by atoms with E-state index in [2.05, 4.69) is 9.88 Å². The second kappa shape index (κ2) is 3.89. The van der Waals surface area contributed by atoms with Crippen LogP contribution in [0.5, 0.6) is 0 Å². The largest absolute Gasteiger partial charge is 0.451 e. The Kier molecular flexibility index (Phi) is 2.61. The van der Waals surface area contributed by atoms with Crippen molar-refractivity contribution in [1.82, 2.24) is 9.88 Å². The first-order valence-electron chi connectivity index (χ1n) is 4.62. The van der Waals surface area contributed by atoms with Gasteiger partial charge in [0.05, 0.1) is 12.3 Å². The van der Waals surface area contributed by atoms with Gasteiger partial charge in [0.2, 0.25) is 0 Å². The highest BCUT2D eigenvalue weighted by molar-refractivity contribution is 4.93. The van der Waals surface area contributed by atoms with Gasteiger partial charge in [-0.25, -0.2) is 4.98 Å². The van der Waals surface area contributed by atoms with Gasteiger partial charge in [0, 0.05) is 12.6 Å². The van der Waals surface area contributed by atoms with Crippen LogP contribution >= 0.6 is 0 Å². The van der Waals surface area contributed by atoms with Gasteiger partial charge >= 0.3 is 0 Å². The van der Waals surface area contributed by atoms with Gasteiger partial charge in [-0.1, -0.05) is 0 Å². The third kappa shape index (κ3) is 1.89. The minimum Gasteiger partial charge on any atom is -0.451 e. The third-order valence-electron chi connectivity index (χ3n) is 2.56. The summed E-state index contributed by atoms with van der Waals surface area (Å²) in [5, 5.41) is 9.08. The molecule has 1 saturated heterocycles. The topological polar surface area (TPSA) is 49.5 Å². The number of hydrogen-bond acceptors (Lipinski definition) is 4. The van der Waals surface area contributed by atoms with E-state index in [1.165, 1.54) is 12.8 Å². The molecule has 1 unspecified atom stereocenters. The van der Waals surface area contributed by atoms with Crippen molar-refractivity contribution in [2.24, 2.45) is 0 Å². The molecule has 0 radical (unpaired) electrons. The molecule has 1 atom stereocenters. The van der Waals surface area contributed by atoms with Crippen LogP contribution in [0.4, 0.5) is 0 Å². The molecular weight excluding hydrogens is 168 g/mol. The predicted octanol–water partition coefficient (Wildman–Crippen LogP) is 0.631. The molecule has 0 amide bonds. The lowest BCUT2D eigenvalue weighted by Gasteiger charge is -2.20. The molecule has 2 heterocycles. The van der Waals surface area contributed by atoms with Crippen LogP contribution in [0.25, 0.3) is 0 Å². The average molecular weight is 182 g/mol. The van der Waals surface area contributed by atoms with Crippen molar-refractivity contribution in [1.29, 1.82) is 0 Å². The summed E-state index contributed by atoms with van der Waals surface area (Å²) in [6.07, 6.45) is 5.36. The van der Waals surface area contributed by atoms with Crippen molar-refractivity contribution < 1.29 is 9.52 Å². The van der Waals surface area contributed by atoms with Crippen LogP contribution < -0.4 is 0 Å². The minimum atomic E-state index is 0.248. The fraction of sp³-hybridized carbons (Fsp3) is 0.667. The number of nitrogens with zero attached hydrogens (tertiary/aromatic N) is 2. The molecule has 0 saturated carbocycles. The molecule has 4 nitrogen and oxygen atoms in total. The molecule has 0 spiro atoms. The van der Waals surface area contributed by atoms with E-state index in [1.807, 2.05) is 0 Å². The van der Waals surface area contributed by atoms with Crippen LogP contribution in [0.2, 0.25) is 0 Å². The number of likely N-dealkylation sites (tertiary alicyclic amines) is 1. The third-order valence-corrected chi connectivity index (χ3v) is 2.56. The van der Waals surface area contributed by atoms with Crippen molar-refractivity contribution in [2.75, 3.05) is 13.2 Å². The second-order valence-electron chi connectivity index (χ2n) is 3.43. The van der Waals surface area contributed by atoms with Gasteiger partial charge in [-0.2, -0.15) is 0 Å². The summed E-state index contributed by atoms with van der Waals surface area (Å²) in [7, 11) is 0. The van der Waals surface area contributed by atoms with Crippen LogP contribution in [0, 0.1) is 0 Å². The van der Waals surface area contributed by atoms with Crippen molar-refractivity contribution in [3.05, 3.63) is 18.4 Å². The molecule has 1 N–H and O–H groups in total. The first-order valence-corrected chi connectivity index (χ1v) is 4.62. The first-order chi connectivity index (χ1) is 6.40. The van der Waals surface area contributed by atoms with E-state index in [-0.39, 0.29) is 6.61 Å². The predicted molar refractivity (Wildman–Crippen MR) is 47.0 cm³/mol.